The normalized spacial score (nSPS) is 11.0. The average molecular weight is 337 g/mol. The highest BCUT2D eigenvalue weighted by atomic mass is 32.1. The van der Waals surface area contributed by atoms with Crippen molar-refractivity contribution in [1.29, 1.82) is 0 Å². The van der Waals surface area contributed by atoms with Crippen LogP contribution in [0.5, 0.6) is 0 Å². The lowest BCUT2D eigenvalue weighted by molar-refractivity contribution is -0.116. The van der Waals surface area contributed by atoms with E-state index in [0.717, 1.165) is 17.2 Å². The second kappa shape index (κ2) is 8.26. The number of nitrogens with one attached hydrogen (secondary N) is 1. The van der Waals surface area contributed by atoms with Crippen molar-refractivity contribution in [2.24, 2.45) is 0 Å². The molecule has 0 spiro atoms. The molecule has 1 aromatic carbocycles. The topological polar surface area (TPSA) is 46.9 Å². The lowest BCUT2D eigenvalue weighted by Gasteiger charge is -2.08. The van der Waals surface area contributed by atoms with Gasteiger partial charge in [0.25, 0.3) is 0 Å². The summed E-state index contributed by atoms with van der Waals surface area (Å²) in [5.41, 5.74) is 1.24. The van der Waals surface area contributed by atoms with E-state index in [-0.39, 0.29) is 5.91 Å². The molecule has 2 aromatic heterocycles. The van der Waals surface area contributed by atoms with Gasteiger partial charge in [0.1, 0.15) is 5.82 Å². The molecule has 1 amide bonds. The average Bonchev–Trinajstić information content (AvgIpc) is 3.26. The van der Waals surface area contributed by atoms with Crippen LogP contribution in [-0.2, 0) is 17.8 Å². The monoisotopic (exact) mass is 337 g/mol. The smallest absolute Gasteiger partial charge is 0.244 e. The van der Waals surface area contributed by atoms with Gasteiger partial charge in [0.05, 0.1) is 0 Å². The molecule has 122 valence electrons. The van der Waals surface area contributed by atoms with Crippen molar-refractivity contribution in [1.82, 2.24) is 14.9 Å². The number of nitrogens with zero attached hydrogens (tertiary/aromatic N) is 2. The first-order chi connectivity index (χ1) is 11.8. The molecule has 3 rings (SSSR count). The van der Waals surface area contributed by atoms with Crippen molar-refractivity contribution >= 4 is 23.3 Å². The number of thiophene rings is 1. The minimum atomic E-state index is -0.0791. The van der Waals surface area contributed by atoms with Crippen LogP contribution in [0.1, 0.15) is 16.3 Å². The maximum absolute atomic E-state index is 11.8. The van der Waals surface area contributed by atoms with E-state index in [1.807, 2.05) is 48.0 Å². The third-order valence-electron chi connectivity index (χ3n) is 3.59. The zero-order valence-electron chi connectivity index (χ0n) is 13.3. The fourth-order valence-corrected chi connectivity index (χ4v) is 3.01. The predicted octanol–water partition coefficient (Wildman–Crippen LogP) is 3.37. The fourth-order valence-electron chi connectivity index (χ4n) is 2.39. The molecule has 4 nitrogen and oxygen atoms in total. The molecular weight excluding hydrogens is 318 g/mol. The van der Waals surface area contributed by atoms with Crippen LogP contribution in [0.25, 0.3) is 6.08 Å². The summed E-state index contributed by atoms with van der Waals surface area (Å²) < 4.78 is 2.11. The van der Waals surface area contributed by atoms with E-state index < -0.39 is 0 Å². The van der Waals surface area contributed by atoms with Crippen LogP contribution in [0, 0.1) is 0 Å². The third kappa shape index (κ3) is 4.67. The van der Waals surface area contributed by atoms with Crippen molar-refractivity contribution in [2.45, 2.75) is 13.0 Å². The largest absolute Gasteiger partial charge is 0.352 e. The Morgan fingerprint density at radius 3 is 2.88 bits per heavy atom. The van der Waals surface area contributed by atoms with Gasteiger partial charge in [-0.25, -0.2) is 4.98 Å². The maximum Gasteiger partial charge on any atom is 0.244 e. The second-order valence-corrected chi connectivity index (χ2v) is 6.33. The van der Waals surface area contributed by atoms with Gasteiger partial charge in [0, 0.05) is 42.9 Å². The maximum atomic E-state index is 11.8. The van der Waals surface area contributed by atoms with E-state index in [2.05, 4.69) is 27.0 Å². The van der Waals surface area contributed by atoms with Gasteiger partial charge in [-0.15, -0.1) is 11.3 Å². The Balaban J connectivity index is 1.49. The Labute approximate surface area is 145 Å². The van der Waals surface area contributed by atoms with Gasteiger partial charge in [-0.1, -0.05) is 36.4 Å². The van der Waals surface area contributed by atoms with Crippen LogP contribution in [0.4, 0.5) is 0 Å². The van der Waals surface area contributed by atoms with E-state index in [1.54, 1.807) is 23.6 Å². The number of amides is 1. The van der Waals surface area contributed by atoms with Gasteiger partial charge >= 0.3 is 0 Å². The highest BCUT2D eigenvalue weighted by Gasteiger charge is 2.04. The molecule has 0 radical (unpaired) electrons. The second-order valence-electron chi connectivity index (χ2n) is 5.35. The van der Waals surface area contributed by atoms with Gasteiger partial charge < -0.3 is 9.88 Å². The molecule has 0 aliphatic rings. The molecular formula is C19H19N3OS. The van der Waals surface area contributed by atoms with Crippen LogP contribution < -0.4 is 5.32 Å². The summed E-state index contributed by atoms with van der Waals surface area (Å²) in [5, 5.41) is 4.89. The summed E-state index contributed by atoms with van der Waals surface area (Å²) in [6.07, 6.45) is 7.88. The summed E-state index contributed by atoms with van der Waals surface area (Å²) in [6.45, 7) is 1.36. The Kier molecular flexibility index (Phi) is 5.58. The van der Waals surface area contributed by atoms with Crippen molar-refractivity contribution in [3.05, 3.63) is 82.6 Å². The van der Waals surface area contributed by atoms with E-state index in [9.17, 15) is 4.79 Å². The van der Waals surface area contributed by atoms with Crippen LogP contribution in [0.3, 0.4) is 0 Å². The molecule has 0 aliphatic carbocycles. The van der Waals surface area contributed by atoms with Crippen molar-refractivity contribution in [2.75, 3.05) is 6.54 Å². The molecule has 5 heteroatoms. The zero-order valence-corrected chi connectivity index (χ0v) is 14.1. The lowest BCUT2D eigenvalue weighted by atomic mass is 10.2. The number of aromatic nitrogens is 2. The molecule has 0 atom stereocenters. The molecule has 0 saturated heterocycles. The Hall–Kier alpha value is -2.66. The van der Waals surface area contributed by atoms with Gasteiger partial charge in [-0.3, -0.25) is 4.79 Å². The van der Waals surface area contributed by atoms with Crippen molar-refractivity contribution < 1.29 is 4.79 Å². The van der Waals surface area contributed by atoms with Crippen LogP contribution in [0.2, 0.25) is 0 Å². The summed E-state index contributed by atoms with van der Waals surface area (Å²) in [5.74, 6) is 0.894. The highest BCUT2D eigenvalue weighted by Crippen LogP contribution is 2.10. The van der Waals surface area contributed by atoms with Crippen LogP contribution in [-0.4, -0.2) is 22.0 Å². The number of carbonyl (C=O) groups excluding carboxylic acids is 1. The number of hydrogen-bond acceptors (Lipinski definition) is 3. The van der Waals surface area contributed by atoms with Gasteiger partial charge in [-0.2, -0.15) is 0 Å². The summed E-state index contributed by atoms with van der Waals surface area (Å²) >= 11 is 1.61. The SMILES string of the molecule is O=C(/C=C/c1cccs1)NCCc1nccn1Cc1ccccc1. The molecule has 0 saturated carbocycles. The van der Waals surface area contributed by atoms with Gasteiger partial charge in [0.2, 0.25) is 5.91 Å². The van der Waals surface area contributed by atoms with E-state index >= 15 is 0 Å². The summed E-state index contributed by atoms with van der Waals surface area (Å²) in [7, 11) is 0. The molecule has 1 N–H and O–H groups in total. The Bertz CT molecular complexity index is 791. The minimum absolute atomic E-state index is 0.0791. The van der Waals surface area contributed by atoms with Gasteiger partial charge in [0.15, 0.2) is 0 Å². The molecule has 0 aliphatic heterocycles. The third-order valence-corrected chi connectivity index (χ3v) is 4.42. The lowest BCUT2D eigenvalue weighted by Crippen LogP contribution is -2.24. The standard InChI is InChI=1S/C19H19N3OS/c23-19(9-8-17-7-4-14-24-17)21-11-10-18-20-12-13-22(18)15-16-5-2-1-3-6-16/h1-9,12-14H,10-11,15H2,(H,21,23)/b9-8+. The van der Waals surface area contributed by atoms with E-state index in [1.165, 1.54) is 5.56 Å². The summed E-state index contributed by atoms with van der Waals surface area (Å²) in [4.78, 5) is 17.3. The van der Waals surface area contributed by atoms with Crippen molar-refractivity contribution in [3.63, 3.8) is 0 Å². The van der Waals surface area contributed by atoms with Crippen LogP contribution >= 0.6 is 11.3 Å². The number of rotatable bonds is 7. The molecule has 2 heterocycles. The molecule has 0 fully saturated rings. The van der Waals surface area contributed by atoms with Crippen molar-refractivity contribution in [3.8, 4) is 0 Å². The number of imidazole rings is 1. The number of carbonyl (C=O) groups is 1. The fraction of sp³-hybridized carbons (Fsp3) is 0.158. The number of hydrogen-bond donors (Lipinski definition) is 1. The molecule has 24 heavy (non-hydrogen) atoms. The van der Waals surface area contributed by atoms with E-state index in [0.29, 0.717) is 13.0 Å². The quantitative estimate of drug-likeness (QED) is 0.672. The Morgan fingerprint density at radius 1 is 1.21 bits per heavy atom. The van der Waals surface area contributed by atoms with Gasteiger partial charge in [-0.05, 0) is 23.1 Å². The highest BCUT2D eigenvalue weighted by molar-refractivity contribution is 7.10. The molecule has 3 aromatic rings. The first-order valence-corrected chi connectivity index (χ1v) is 8.72. The Morgan fingerprint density at radius 2 is 2.08 bits per heavy atom. The summed E-state index contributed by atoms with van der Waals surface area (Å²) in [6, 6.07) is 14.2. The first kappa shape index (κ1) is 16.2. The van der Waals surface area contributed by atoms with Crippen LogP contribution in [0.15, 0.2) is 66.3 Å². The minimum Gasteiger partial charge on any atom is -0.352 e. The zero-order chi connectivity index (χ0) is 16.6. The number of benzene rings is 1. The van der Waals surface area contributed by atoms with E-state index in [4.69, 9.17) is 0 Å². The molecule has 0 bridgehead atoms. The molecule has 0 unspecified atom stereocenters. The first-order valence-electron chi connectivity index (χ1n) is 7.84. The predicted molar refractivity (Wildman–Crippen MR) is 97.8 cm³/mol.